The molecular formula is C15H17ClN2O2S. The number of hydrogen-bond donors (Lipinski definition) is 2. The Morgan fingerprint density at radius 1 is 1.14 bits per heavy atom. The molecule has 6 heteroatoms. The molecule has 3 N–H and O–H groups in total. The molecule has 0 saturated carbocycles. The third-order valence-corrected chi connectivity index (χ3v) is 4.86. The molecule has 2 rings (SSSR count). The Labute approximate surface area is 130 Å². The average Bonchev–Trinajstić information content (AvgIpc) is 2.37. The molecule has 0 heterocycles. The fraction of sp³-hybridized carbons (Fsp3) is 0.200. The molecule has 2 aromatic carbocycles. The second-order valence-corrected chi connectivity index (χ2v) is 7.12. The predicted molar refractivity (Wildman–Crippen MR) is 85.8 cm³/mol. The Kier molecular flexibility index (Phi) is 4.56. The number of halogens is 1. The lowest BCUT2D eigenvalue weighted by Crippen LogP contribution is -2.27. The molecule has 4 nitrogen and oxygen atoms in total. The van der Waals surface area contributed by atoms with Gasteiger partial charge in [-0.3, -0.25) is 0 Å². The van der Waals surface area contributed by atoms with Gasteiger partial charge in [-0.25, -0.2) is 13.1 Å². The van der Waals surface area contributed by atoms with Crippen molar-refractivity contribution in [1.82, 2.24) is 4.72 Å². The van der Waals surface area contributed by atoms with Crippen LogP contribution in [0.2, 0.25) is 5.02 Å². The van der Waals surface area contributed by atoms with Gasteiger partial charge >= 0.3 is 0 Å². The van der Waals surface area contributed by atoms with Crippen molar-refractivity contribution in [1.29, 1.82) is 0 Å². The van der Waals surface area contributed by atoms with E-state index in [2.05, 4.69) is 4.72 Å². The second kappa shape index (κ2) is 6.05. The largest absolute Gasteiger partial charge is 0.399 e. The van der Waals surface area contributed by atoms with Gasteiger partial charge in [0.15, 0.2) is 0 Å². The first-order valence-electron chi connectivity index (χ1n) is 6.43. The predicted octanol–water partition coefficient (Wildman–Crippen LogP) is 3.27. The van der Waals surface area contributed by atoms with E-state index in [9.17, 15) is 8.42 Å². The summed E-state index contributed by atoms with van der Waals surface area (Å²) in [5.41, 5.74) is 7.77. The van der Waals surface area contributed by atoms with E-state index in [1.807, 2.05) is 0 Å². The summed E-state index contributed by atoms with van der Waals surface area (Å²) in [6.45, 7) is 3.58. The molecule has 0 bridgehead atoms. The lowest BCUT2D eigenvalue weighted by Gasteiger charge is -2.15. The van der Waals surface area contributed by atoms with E-state index in [1.54, 1.807) is 50.2 Å². The molecule has 21 heavy (non-hydrogen) atoms. The highest BCUT2D eigenvalue weighted by molar-refractivity contribution is 7.89. The number of benzene rings is 2. The minimum atomic E-state index is -3.63. The number of nitrogens with one attached hydrogen (secondary N) is 1. The highest BCUT2D eigenvalue weighted by Gasteiger charge is 2.19. The van der Waals surface area contributed by atoms with Crippen LogP contribution >= 0.6 is 11.6 Å². The number of anilines is 1. The van der Waals surface area contributed by atoms with E-state index in [0.717, 1.165) is 11.1 Å². The molecule has 0 aliphatic heterocycles. The monoisotopic (exact) mass is 324 g/mol. The molecule has 1 atom stereocenters. The third-order valence-electron chi connectivity index (χ3n) is 3.09. The van der Waals surface area contributed by atoms with Crippen molar-refractivity contribution in [3.8, 4) is 0 Å². The van der Waals surface area contributed by atoms with Crippen LogP contribution in [0, 0.1) is 6.92 Å². The summed E-state index contributed by atoms with van der Waals surface area (Å²) >= 11 is 5.83. The minimum absolute atomic E-state index is 0.167. The van der Waals surface area contributed by atoms with Gasteiger partial charge in [-0.05, 0) is 55.3 Å². The molecule has 0 aliphatic carbocycles. The fourth-order valence-corrected chi connectivity index (χ4v) is 3.55. The Hall–Kier alpha value is -1.56. The van der Waals surface area contributed by atoms with Gasteiger partial charge in [0.05, 0.1) is 4.90 Å². The van der Waals surface area contributed by atoms with Crippen molar-refractivity contribution >= 4 is 27.3 Å². The molecule has 1 unspecified atom stereocenters. The molecule has 0 saturated heterocycles. The Morgan fingerprint density at radius 3 is 2.33 bits per heavy atom. The molecule has 0 radical (unpaired) electrons. The highest BCUT2D eigenvalue weighted by Crippen LogP contribution is 2.21. The second-order valence-electron chi connectivity index (χ2n) is 4.97. The van der Waals surface area contributed by atoms with Crippen LogP contribution in [0.4, 0.5) is 5.69 Å². The zero-order valence-electron chi connectivity index (χ0n) is 11.8. The Balaban J connectivity index is 2.26. The van der Waals surface area contributed by atoms with Gasteiger partial charge < -0.3 is 5.73 Å². The summed E-state index contributed by atoms with van der Waals surface area (Å²) in [6.07, 6.45) is 0. The quantitative estimate of drug-likeness (QED) is 0.848. The summed E-state index contributed by atoms with van der Waals surface area (Å²) in [4.78, 5) is 0.167. The van der Waals surface area contributed by atoms with Gasteiger partial charge in [-0.15, -0.1) is 0 Å². The SMILES string of the molecule is Cc1cc(N)cc(S(=O)(=O)NC(C)c2ccc(Cl)cc2)c1. The summed E-state index contributed by atoms with van der Waals surface area (Å²) in [5.74, 6) is 0. The molecule has 0 spiro atoms. The third kappa shape index (κ3) is 3.97. The zero-order chi connectivity index (χ0) is 15.6. The van der Waals surface area contributed by atoms with Crippen LogP contribution in [0.15, 0.2) is 47.4 Å². The topological polar surface area (TPSA) is 72.2 Å². The van der Waals surface area contributed by atoms with Crippen molar-refractivity contribution in [3.05, 3.63) is 58.6 Å². The molecule has 0 aliphatic rings. The van der Waals surface area contributed by atoms with Crippen molar-refractivity contribution in [3.63, 3.8) is 0 Å². The van der Waals surface area contributed by atoms with Gasteiger partial charge in [0.25, 0.3) is 0 Å². The van der Waals surface area contributed by atoms with Crippen molar-refractivity contribution in [2.75, 3.05) is 5.73 Å². The number of rotatable bonds is 4. The molecule has 112 valence electrons. The van der Waals surface area contributed by atoms with Crippen LogP contribution in [0.1, 0.15) is 24.1 Å². The first-order chi connectivity index (χ1) is 9.78. The van der Waals surface area contributed by atoms with E-state index in [4.69, 9.17) is 17.3 Å². The number of sulfonamides is 1. The average molecular weight is 325 g/mol. The standard InChI is InChI=1S/C15H17ClN2O2S/c1-10-7-14(17)9-15(8-10)21(19,20)18-11(2)12-3-5-13(16)6-4-12/h3-9,11,18H,17H2,1-2H3. The summed E-state index contributed by atoms with van der Waals surface area (Å²) < 4.78 is 27.4. The van der Waals surface area contributed by atoms with E-state index < -0.39 is 10.0 Å². The number of hydrogen-bond acceptors (Lipinski definition) is 3. The first kappa shape index (κ1) is 15.8. The lowest BCUT2D eigenvalue weighted by atomic mass is 10.1. The summed E-state index contributed by atoms with van der Waals surface area (Å²) in [5, 5.41) is 0.611. The fourth-order valence-electron chi connectivity index (χ4n) is 2.05. The van der Waals surface area contributed by atoms with Gasteiger partial charge in [0.2, 0.25) is 10.0 Å². The van der Waals surface area contributed by atoms with Crippen LogP contribution in [-0.4, -0.2) is 8.42 Å². The highest BCUT2D eigenvalue weighted by atomic mass is 35.5. The van der Waals surface area contributed by atoms with Gasteiger partial charge in [-0.2, -0.15) is 0 Å². The maximum atomic E-state index is 12.4. The van der Waals surface area contributed by atoms with Gasteiger partial charge in [0, 0.05) is 16.8 Å². The van der Waals surface area contributed by atoms with Crippen LogP contribution in [-0.2, 0) is 10.0 Å². The van der Waals surface area contributed by atoms with Crippen LogP contribution in [0.3, 0.4) is 0 Å². The van der Waals surface area contributed by atoms with Gasteiger partial charge in [-0.1, -0.05) is 23.7 Å². The number of nitrogen functional groups attached to an aromatic ring is 1. The molecule has 0 aromatic heterocycles. The normalized spacial score (nSPS) is 13.1. The van der Waals surface area contributed by atoms with Crippen molar-refractivity contribution < 1.29 is 8.42 Å². The van der Waals surface area contributed by atoms with Crippen LogP contribution in [0.5, 0.6) is 0 Å². The maximum absolute atomic E-state index is 12.4. The maximum Gasteiger partial charge on any atom is 0.241 e. The van der Waals surface area contributed by atoms with E-state index in [0.29, 0.717) is 10.7 Å². The lowest BCUT2D eigenvalue weighted by molar-refractivity contribution is 0.567. The van der Waals surface area contributed by atoms with Crippen LogP contribution < -0.4 is 10.5 Å². The number of aryl methyl sites for hydroxylation is 1. The number of nitrogens with two attached hydrogens (primary N) is 1. The molecule has 0 amide bonds. The molecule has 2 aromatic rings. The summed E-state index contributed by atoms with van der Waals surface area (Å²) in [6, 6.07) is 11.4. The summed E-state index contributed by atoms with van der Waals surface area (Å²) in [7, 11) is -3.63. The smallest absolute Gasteiger partial charge is 0.241 e. The van der Waals surface area contributed by atoms with E-state index >= 15 is 0 Å². The minimum Gasteiger partial charge on any atom is -0.399 e. The van der Waals surface area contributed by atoms with Crippen molar-refractivity contribution in [2.24, 2.45) is 0 Å². The molecule has 0 fully saturated rings. The Morgan fingerprint density at radius 2 is 1.76 bits per heavy atom. The van der Waals surface area contributed by atoms with Crippen molar-refractivity contribution in [2.45, 2.75) is 24.8 Å². The van der Waals surface area contributed by atoms with E-state index in [1.165, 1.54) is 6.07 Å². The first-order valence-corrected chi connectivity index (χ1v) is 8.29. The Bertz CT molecular complexity index is 723. The van der Waals surface area contributed by atoms with Crippen LogP contribution in [0.25, 0.3) is 0 Å². The zero-order valence-corrected chi connectivity index (χ0v) is 13.4. The van der Waals surface area contributed by atoms with Gasteiger partial charge in [0.1, 0.15) is 0 Å². The van der Waals surface area contributed by atoms with E-state index in [-0.39, 0.29) is 10.9 Å². The molecular weight excluding hydrogens is 308 g/mol.